The van der Waals surface area contributed by atoms with Crippen LogP contribution in [0.25, 0.3) is 0 Å². The quantitative estimate of drug-likeness (QED) is 0.652. The minimum atomic E-state index is -1.09. The van der Waals surface area contributed by atoms with Crippen LogP contribution >= 0.6 is 11.6 Å². The van der Waals surface area contributed by atoms with Crippen molar-refractivity contribution in [1.82, 2.24) is 24.5 Å². The van der Waals surface area contributed by atoms with Crippen LogP contribution in [0.2, 0.25) is 5.02 Å². The van der Waals surface area contributed by atoms with Gasteiger partial charge in [0.05, 0.1) is 13.1 Å². The van der Waals surface area contributed by atoms with Gasteiger partial charge in [-0.05, 0) is 23.8 Å². The number of hydrogen-bond acceptors (Lipinski definition) is 5. The van der Waals surface area contributed by atoms with Crippen molar-refractivity contribution in [2.45, 2.75) is 19.5 Å². The van der Waals surface area contributed by atoms with Gasteiger partial charge < -0.3 is 5.11 Å². The topological polar surface area (TPSA) is 115 Å². The number of aromatic nitrogens is 5. The lowest BCUT2D eigenvalue weighted by molar-refractivity contribution is -0.116. The third kappa shape index (κ3) is 4.45. The lowest BCUT2D eigenvalue weighted by Crippen LogP contribution is -2.18. The molecule has 0 saturated heterocycles. The number of aromatic carboxylic acids is 1. The highest BCUT2D eigenvalue weighted by molar-refractivity contribution is 6.30. The third-order valence-corrected chi connectivity index (χ3v) is 3.78. The van der Waals surface area contributed by atoms with E-state index in [9.17, 15) is 9.59 Å². The Morgan fingerprint density at radius 3 is 2.69 bits per heavy atom. The summed E-state index contributed by atoms with van der Waals surface area (Å²) < 4.78 is 2.85. The molecule has 0 unspecified atom stereocenters. The van der Waals surface area contributed by atoms with Crippen LogP contribution in [0.5, 0.6) is 0 Å². The predicted octanol–water partition coefficient (Wildman–Crippen LogP) is 1.90. The Morgan fingerprint density at radius 2 is 1.96 bits per heavy atom. The van der Waals surface area contributed by atoms with Crippen molar-refractivity contribution in [1.29, 1.82) is 0 Å². The molecule has 9 nitrogen and oxygen atoms in total. The Labute approximate surface area is 153 Å². The zero-order chi connectivity index (χ0) is 18.5. The second-order valence-corrected chi connectivity index (χ2v) is 5.87. The second kappa shape index (κ2) is 7.79. The van der Waals surface area contributed by atoms with E-state index < -0.39 is 5.97 Å². The first-order valence-electron chi connectivity index (χ1n) is 7.70. The van der Waals surface area contributed by atoms with Gasteiger partial charge in [0.1, 0.15) is 12.0 Å². The normalized spacial score (nSPS) is 10.7. The van der Waals surface area contributed by atoms with Crippen LogP contribution in [-0.2, 0) is 17.9 Å². The molecule has 2 heterocycles. The highest BCUT2D eigenvalue weighted by Crippen LogP contribution is 2.11. The summed E-state index contributed by atoms with van der Waals surface area (Å²) in [6, 6.07) is 8.72. The first kappa shape index (κ1) is 17.6. The third-order valence-electron chi connectivity index (χ3n) is 3.53. The Balaban J connectivity index is 1.53. The van der Waals surface area contributed by atoms with Gasteiger partial charge in [-0.25, -0.2) is 14.5 Å². The Kier molecular flexibility index (Phi) is 5.28. The average Bonchev–Trinajstić information content (AvgIpc) is 3.24. The van der Waals surface area contributed by atoms with Gasteiger partial charge in [-0.3, -0.25) is 14.8 Å². The predicted molar refractivity (Wildman–Crippen MR) is 93.0 cm³/mol. The van der Waals surface area contributed by atoms with Gasteiger partial charge in [0.25, 0.3) is 0 Å². The van der Waals surface area contributed by atoms with Crippen LogP contribution < -0.4 is 5.32 Å². The van der Waals surface area contributed by atoms with Crippen molar-refractivity contribution in [3.8, 4) is 0 Å². The van der Waals surface area contributed by atoms with E-state index in [-0.39, 0.29) is 30.5 Å². The number of nitrogens with zero attached hydrogens (tertiary/aromatic N) is 5. The smallest absolute Gasteiger partial charge is 0.354 e. The molecule has 0 aliphatic rings. The minimum absolute atomic E-state index is 0.0307. The summed E-state index contributed by atoms with van der Waals surface area (Å²) >= 11 is 5.85. The van der Waals surface area contributed by atoms with Gasteiger partial charge in [-0.2, -0.15) is 5.10 Å². The van der Waals surface area contributed by atoms with E-state index >= 15 is 0 Å². The van der Waals surface area contributed by atoms with Crippen LogP contribution in [0, 0.1) is 0 Å². The maximum absolute atomic E-state index is 12.0. The lowest BCUT2D eigenvalue weighted by Gasteiger charge is -2.04. The van der Waals surface area contributed by atoms with Crippen molar-refractivity contribution in [3.05, 3.63) is 59.1 Å². The molecular formula is C16H15ClN6O3. The molecule has 0 aliphatic heterocycles. The van der Waals surface area contributed by atoms with Gasteiger partial charge in [-0.1, -0.05) is 23.7 Å². The van der Waals surface area contributed by atoms with Crippen LogP contribution in [0.15, 0.2) is 42.9 Å². The molecule has 1 amide bonds. The largest absolute Gasteiger partial charge is 0.477 e. The molecule has 0 bridgehead atoms. The number of carboxylic acid groups (broad SMARTS) is 1. The highest BCUT2D eigenvalue weighted by atomic mass is 35.5. The Morgan fingerprint density at radius 1 is 1.19 bits per heavy atom. The molecule has 1 aromatic carbocycles. The average molecular weight is 375 g/mol. The fraction of sp³-hybridized carbons (Fsp3) is 0.188. The summed E-state index contributed by atoms with van der Waals surface area (Å²) in [4.78, 5) is 27.0. The molecular weight excluding hydrogens is 360 g/mol. The molecule has 0 aliphatic carbocycles. The number of carbonyl (C=O) groups excluding carboxylic acids is 1. The molecule has 0 atom stereocenters. The fourth-order valence-electron chi connectivity index (χ4n) is 2.29. The van der Waals surface area contributed by atoms with Gasteiger partial charge in [0, 0.05) is 17.6 Å². The standard InChI is InChI=1S/C16H15ClN6O3/c17-12-3-1-11(2-4-12)9-22-10-18-16(21-22)20-14(24)6-8-23-13(15(25)26)5-7-19-23/h1-5,7,10H,6,8-9H2,(H,25,26)(H,20,21,24). The van der Waals surface area contributed by atoms with Crippen molar-refractivity contribution in [3.63, 3.8) is 0 Å². The number of nitrogens with one attached hydrogen (secondary N) is 1. The molecule has 10 heteroatoms. The molecule has 0 radical (unpaired) electrons. The number of aryl methyl sites for hydroxylation is 1. The monoisotopic (exact) mass is 374 g/mol. The zero-order valence-electron chi connectivity index (χ0n) is 13.5. The van der Waals surface area contributed by atoms with Crippen molar-refractivity contribution in [2.75, 3.05) is 5.32 Å². The number of benzene rings is 1. The number of anilines is 1. The van der Waals surface area contributed by atoms with Crippen LogP contribution in [-0.4, -0.2) is 41.5 Å². The van der Waals surface area contributed by atoms with Crippen LogP contribution in [0.4, 0.5) is 5.95 Å². The number of carboxylic acids is 1. The summed E-state index contributed by atoms with van der Waals surface area (Å²) in [6.45, 7) is 0.640. The van der Waals surface area contributed by atoms with E-state index in [4.69, 9.17) is 16.7 Å². The summed E-state index contributed by atoms with van der Waals surface area (Å²) in [7, 11) is 0. The van der Waals surface area contributed by atoms with Crippen molar-refractivity contribution < 1.29 is 14.7 Å². The summed E-state index contributed by atoms with van der Waals surface area (Å²) in [5.41, 5.74) is 1.03. The van der Waals surface area contributed by atoms with Gasteiger partial charge in [-0.15, -0.1) is 5.10 Å². The van der Waals surface area contributed by atoms with E-state index in [1.54, 1.807) is 16.8 Å². The second-order valence-electron chi connectivity index (χ2n) is 5.44. The molecule has 3 rings (SSSR count). The summed E-state index contributed by atoms with van der Waals surface area (Å²) in [5.74, 6) is -1.24. The molecule has 3 aromatic rings. The van der Waals surface area contributed by atoms with E-state index in [1.807, 2.05) is 12.1 Å². The lowest BCUT2D eigenvalue weighted by atomic mass is 10.2. The van der Waals surface area contributed by atoms with Crippen molar-refractivity contribution >= 4 is 29.4 Å². The number of amides is 1. The zero-order valence-corrected chi connectivity index (χ0v) is 14.3. The highest BCUT2D eigenvalue weighted by Gasteiger charge is 2.12. The van der Waals surface area contributed by atoms with Gasteiger partial charge in [0.2, 0.25) is 11.9 Å². The number of carbonyl (C=O) groups is 2. The molecule has 2 aromatic heterocycles. The van der Waals surface area contributed by atoms with Crippen LogP contribution in [0.3, 0.4) is 0 Å². The number of halogens is 1. The van der Waals surface area contributed by atoms with E-state index in [1.165, 1.54) is 23.3 Å². The molecule has 0 spiro atoms. The van der Waals surface area contributed by atoms with Crippen LogP contribution in [0.1, 0.15) is 22.5 Å². The molecule has 0 saturated carbocycles. The first-order chi connectivity index (χ1) is 12.5. The maximum atomic E-state index is 12.0. The summed E-state index contributed by atoms with van der Waals surface area (Å²) in [6.07, 6.45) is 2.94. The molecule has 0 fully saturated rings. The molecule has 2 N–H and O–H groups in total. The maximum Gasteiger partial charge on any atom is 0.354 e. The minimum Gasteiger partial charge on any atom is -0.477 e. The SMILES string of the molecule is O=C(CCn1nccc1C(=O)O)Nc1ncn(Cc2ccc(Cl)cc2)n1. The first-order valence-corrected chi connectivity index (χ1v) is 8.08. The number of rotatable bonds is 7. The Bertz CT molecular complexity index is 918. The van der Waals surface area contributed by atoms with Gasteiger partial charge in [0.15, 0.2) is 0 Å². The Hall–Kier alpha value is -3.20. The van der Waals surface area contributed by atoms with E-state index in [0.29, 0.717) is 11.6 Å². The number of hydrogen-bond donors (Lipinski definition) is 2. The molecule has 134 valence electrons. The van der Waals surface area contributed by atoms with E-state index in [0.717, 1.165) is 5.56 Å². The summed E-state index contributed by atoms with van der Waals surface area (Å²) in [5, 5.41) is 20.3. The molecule has 26 heavy (non-hydrogen) atoms. The fourth-order valence-corrected chi connectivity index (χ4v) is 2.42. The van der Waals surface area contributed by atoms with Crippen molar-refractivity contribution in [2.24, 2.45) is 0 Å². The van der Waals surface area contributed by atoms with Gasteiger partial charge >= 0.3 is 5.97 Å². The van der Waals surface area contributed by atoms with E-state index in [2.05, 4.69) is 20.5 Å².